The number of carboxylic acid groups (broad SMARTS) is 2. The summed E-state index contributed by atoms with van der Waals surface area (Å²) in [6.45, 7) is 0.484. The van der Waals surface area contributed by atoms with Crippen molar-refractivity contribution in [3.05, 3.63) is 0 Å². The lowest BCUT2D eigenvalue weighted by Crippen LogP contribution is -2.43. The Bertz CT molecular complexity index is 472. The summed E-state index contributed by atoms with van der Waals surface area (Å²) in [7, 11) is 5.84. The lowest BCUT2D eigenvalue weighted by atomic mass is 10.0. The molecule has 0 spiro atoms. The van der Waals surface area contributed by atoms with Crippen molar-refractivity contribution in [2.24, 2.45) is 0 Å². The van der Waals surface area contributed by atoms with Crippen LogP contribution < -0.4 is 0 Å². The minimum atomic E-state index is -0.948. The van der Waals surface area contributed by atoms with Crippen LogP contribution in [0.2, 0.25) is 0 Å². The average Bonchev–Trinajstić information content (AvgIpc) is 2.56. The number of carboxylic acids is 2. The number of likely N-dealkylation sites (N-methyl/N-ethyl adjacent to an activating group) is 1. The van der Waals surface area contributed by atoms with Crippen molar-refractivity contribution in [2.75, 3.05) is 27.7 Å². The third-order valence-electron chi connectivity index (χ3n) is 4.72. The molecule has 0 saturated heterocycles. The van der Waals surface area contributed by atoms with E-state index in [0.717, 1.165) is 44.9 Å². The second-order valence-corrected chi connectivity index (χ2v) is 8.97. The molecule has 2 N–H and O–H groups in total. The predicted molar refractivity (Wildman–Crippen MR) is 113 cm³/mol. The van der Waals surface area contributed by atoms with Gasteiger partial charge in [-0.05, 0) is 12.8 Å². The Morgan fingerprint density at radius 1 is 0.690 bits per heavy atom. The van der Waals surface area contributed by atoms with Crippen molar-refractivity contribution in [3.63, 3.8) is 0 Å². The smallest absolute Gasteiger partial charge is 0.307 e. The molecule has 0 rings (SSSR count). The highest BCUT2D eigenvalue weighted by atomic mass is 16.5. The van der Waals surface area contributed by atoms with E-state index in [2.05, 4.69) is 0 Å². The van der Waals surface area contributed by atoms with Gasteiger partial charge in [0.1, 0.15) is 6.54 Å². The lowest BCUT2D eigenvalue weighted by Gasteiger charge is -2.28. The van der Waals surface area contributed by atoms with Crippen LogP contribution in [0, 0.1) is 0 Å². The standard InChI is InChI=1S/C22H41NO6/c1-23(2,3)18-19(17-21(26)27)29-22(28)16-14-12-10-8-6-4-5-7-9-11-13-15-20(24)25/h19H,4-18H2,1-3H3,(H-,24,25,26,27)/p+1/t19-/m1/s1. The molecule has 0 heterocycles. The van der Waals surface area contributed by atoms with Crippen LogP contribution in [0.4, 0.5) is 0 Å². The molecule has 0 aliphatic heterocycles. The predicted octanol–water partition coefficient (Wildman–Crippen LogP) is 4.24. The number of aliphatic carboxylic acids is 2. The maximum absolute atomic E-state index is 12.0. The van der Waals surface area contributed by atoms with Gasteiger partial charge < -0.3 is 19.4 Å². The van der Waals surface area contributed by atoms with Crippen LogP contribution in [-0.4, -0.2) is 66.4 Å². The molecule has 170 valence electrons. The van der Waals surface area contributed by atoms with Crippen LogP contribution in [-0.2, 0) is 19.1 Å². The number of hydrogen-bond acceptors (Lipinski definition) is 4. The van der Waals surface area contributed by atoms with Gasteiger partial charge in [-0.1, -0.05) is 57.8 Å². The zero-order valence-electron chi connectivity index (χ0n) is 18.7. The van der Waals surface area contributed by atoms with Crippen LogP contribution in [0.15, 0.2) is 0 Å². The Balaban J connectivity index is 3.63. The first-order chi connectivity index (χ1) is 13.6. The van der Waals surface area contributed by atoms with Crippen LogP contribution in [0.3, 0.4) is 0 Å². The monoisotopic (exact) mass is 416 g/mol. The van der Waals surface area contributed by atoms with Crippen molar-refractivity contribution in [3.8, 4) is 0 Å². The molecule has 29 heavy (non-hydrogen) atoms. The van der Waals surface area contributed by atoms with Gasteiger partial charge in [0.25, 0.3) is 0 Å². The topological polar surface area (TPSA) is 101 Å². The van der Waals surface area contributed by atoms with Crippen molar-refractivity contribution < 1.29 is 33.8 Å². The van der Waals surface area contributed by atoms with E-state index in [1.54, 1.807) is 0 Å². The summed E-state index contributed by atoms with van der Waals surface area (Å²) in [6, 6.07) is 0. The maximum Gasteiger partial charge on any atom is 0.307 e. The van der Waals surface area contributed by atoms with E-state index in [0.29, 0.717) is 17.4 Å². The quantitative estimate of drug-likeness (QED) is 0.186. The lowest BCUT2D eigenvalue weighted by molar-refractivity contribution is -0.873. The van der Waals surface area contributed by atoms with Gasteiger partial charge >= 0.3 is 17.9 Å². The molecule has 1 atom stereocenters. The van der Waals surface area contributed by atoms with E-state index in [1.165, 1.54) is 25.7 Å². The van der Waals surface area contributed by atoms with Crippen LogP contribution in [0.25, 0.3) is 0 Å². The highest BCUT2D eigenvalue weighted by Crippen LogP contribution is 2.13. The first kappa shape index (κ1) is 27.4. The molecule has 0 aromatic heterocycles. The van der Waals surface area contributed by atoms with Gasteiger partial charge in [0, 0.05) is 12.8 Å². The number of esters is 1. The van der Waals surface area contributed by atoms with Gasteiger partial charge in [-0.15, -0.1) is 0 Å². The molecule has 0 fully saturated rings. The number of rotatable bonds is 19. The Labute approximate surface area is 176 Å². The third-order valence-corrected chi connectivity index (χ3v) is 4.72. The summed E-state index contributed by atoms with van der Waals surface area (Å²) < 4.78 is 5.93. The fraction of sp³-hybridized carbons (Fsp3) is 0.864. The molecular weight excluding hydrogens is 374 g/mol. The molecule has 0 aromatic carbocycles. The van der Waals surface area contributed by atoms with Crippen LogP contribution in [0.1, 0.15) is 89.9 Å². The largest absolute Gasteiger partial charge is 0.481 e. The zero-order valence-corrected chi connectivity index (χ0v) is 18.7. The number of unbranched alkanes of at least 4 members (excludes halogenated alkanes) is 10. The Hall–Kier alpha value is -1.63. The minimum Gasteiger partial charge on any atom is -0.481 e. The summed E-state index contributed by atoms with van der Waals surface area (Å²) in [5.74, 6) is -1.95. The molecule has 7 heteroatoms. The van der Waals surface area contributed by atoms with E-state index in [1.807, 2.05) is 21.1 Å². The minimum absolute atomic E-state index is 0.152. The first-order valence-electron chi connectivity index (χ1n) is 11.0. The van der Waals surface area contributed by atoms with E-state index >= 15 is 0 Å². The van der Waals surface area contributed by atoms with E-state index < -0.39 is 18.0 Å². The summed E-state index contributed by atoms with van der Waals surface area (Å²) in [5, 5.41) is 17.6. The van der Waals surface area contributed by atoms with Crippen LogP contribution in [0.5, 0.6) is 0 Å². The molecule has 7 nitrogen and oxygen atoms in total. The molecule has 0 unspecified atom stereocenters. The van der Waals surface area contributed by atoms with E-state index in [9.17, 15) is 14.4 Å². The van der Waals surface area contributed by atoms with Crippen LogP contribution >= 0.6 is 0 Å². The summed E-state index contributed by atoms with van der Waals surface area (Å²) in [5.41, 5.74) is 0. The number of carbonyl (C=O) groups is 3. The van der Waals surface area contributed by atoms with Gasteiger partial charge in [0.2, 0.25) is 0 Å². The van der Waals surface area contributed by atoms with Gasteiger partial charge in [0.05, 0.1) is 27.6 Å². The highest BCUT2D eigenvalue weighted by molar-refractivity contribution is 5.71. The van der Waals surface area contributed by atoms with E-state index in [4.69, 9.17) is 14.9 Å². The molecule has 0 amide bonds. The number of hydrogen-bond donors (Lipinski definition) is 2. The fourth-order valence-corrected chi connectivity index (χ4v) is 3.33. The maximum atomic E-state index is 12.0. The SMILES string of the molecule is C[N+](C)(C)C[C@@H](CC(=O)O)OC(=O)CCCCCCCCCCCCCC(=O)O. The summed E-state index contributed by atoms with van der Waals surface area (Å²) >= 11 is 0. The first-order valence-corrected chi connectivity index (χ1v) is 11.0. The molecule has 0 aliphatic rings. The van der Waals surface area contributed by atoms with Gasteiger partial charge in [-0.2, -0.15) is 0 Å². The van der Waals surface area contributed by atoms with Gasteiger partial charge in [0.15, 0.2) is 6.10 Å². The fourth-order valence-electron chi connectivity index (χ4n) is 3.33. The molecule has 0 radical (unpaired) electrons. The second kappa shape index (κ2) is 16.2. The molecular formula is C22H42NO6+. The Kier molecular flexibility index (Phi) is 15.3. The van der Waals surface area contributed by atoms with Gasteiger partial charge in [-0.25, -0.2) is 0 Å². The van der Waals surface area contributed by atoms with Crippen molar-refractivity contribution in [1.29, 1.82) is 0 Å². The Morgan fingerprint density at radius 3 is 1.48 bits per heavy atom. The average molecular weight is 417 g/mol. The molecule has 0 aromatic rings. The number of quaternary nitrogens is 1. The molecule has 0 saturated carbocycles. The number of nitrogens with zero attached hydrogens (tertiary/aromatic N) is 1. The summed E-state index contributed by atoms with van der Waals surface area (Å²) in [4.78, 5) is 33.3. The molecule has 0 aliphatic carbocycles. The number of carbonyl (C=O) groups excluding carboxylic acids is 1. The highest BCUT2D eigenvalue weighted by Gasteiger charge is 2.24. The van der Waals surface area contributed by atoms with Crippen molar-refractivity contribution >= 4 is 17.9 Å². The number of ether oxygens (including phenoxy) is 1. The second-order valence-electron chi connectivity index (χ2n) is 8.97. The van der Waals surface area contributed by atoms with E-state index in [-0.39, 0.29) is 18.8 Å². The third kappa shape index (κ3) is 20.9. The van der Waals surface area contributed by atoms with Crippen molar-refractivity contribution in [2.45, 2.75) is 96.0 Å². The van der Waals surface area contributed by atoms with Crippen molar-refractivity contribution in [1.82, 2.24) is 0 Å². The molecule has 0 bridgehead atoms. The normalized spacial score (nSPS) is 12.5. The summed E-state index contributed by atoms with van der Waals surface area (Å²) in [6.07, 6.45) is 11.6. The van der Waals surface area contributed by atoms with Gasteiger partial charge in [-0.3, -0.25) is 14.4 Å². The zero-order chi connectivity index (χ0) is 22.1. The Morgan fingerprint density at radius 2 is 1.10 bits per heavy atom.